The van der Waals surface area contributed by atoms with Crippen LogP contribution in [0, 0.1) is 0 Å². The number of pyridine rings is 1. The fourth-order valence-electron chi connectivity index (χ4n) is 3.40. The summed E-state index contributed by atoms with van der Waals surface area (Å²) < 4.78 is 34.1. The van der Waals surface area contributed by atoms with E-state index < -0.39 is 33.9 Å². The summed E-state index contributed by atoms with van der Waals surface area (Å²) in [5.41, 5.74) is -0.401. The van der Waals surface area contributed by atoms with Crippen LogP contribution in [-0.4, -0.2) is 49.6 Å². The minimum Gasteiger partial charge on any atom is -0.386 e. The molecule has 0 spiro atoms. The molecule has 0 aliphatic heterocycles. The van der Waals surface area contributed by atoms with Crippen LogP contribution in [0.3, 0.4) is 0 Å². The van der Waals surface area contributed by atoms with E-state index in [1.165, 1.54) is 18.2 Å². The monoisotopic (exact) mass is 522 g/mol. The molecule has 3 rings (SSSR count). The Balaban J connectivity index is 1.80. The highest BCUT2D eigenvalue weighted by molar-refractivity contribution is 8.29. The number of fused-ring (bicyclic) bond motifs is 1. The SMILES string of the molecule is CC(C)(O)c1cc2nn(CCCOS(C)(C)C(C)(C)C)cc2cc1NC(=O)c1cccc(C(F)F)n1. The summed E-state index contributed by atoms with van der Waals surface area (Å²) in [6.45, 7) is 11.0. The first kappa shape index (κ1) is 28.0. The third-order valence-electron chi connectivity index (χ3n) is 6.21. The predicted molar refractivity (Wildman–Crippen MR) is 142 cm³/mol. The number of halogens is 2. The van der Waals surface area contributed by atoms with Crippen molar-refractivity contribution in [2.24, 2.45) is 0 Å². The Hall–Kier alpha value is -2.56. The number of nitrogens with zero attached hydrogens (tertiary/aromatic N) is 3. The van der Waals surface area contributed by atoms with Gasteiger partial charge in [0.25, 0.3) is 12.3 Å². The van der Waals surface area contributed by atoms with Gasteiger partial charge in [0, 0.05) is 34.1 Å². The molecule has 7 nitrogen and oxygen atoms in total. The first-order valence-corrected chi connectivity index (χ1v) is 14.1. The van der Waals surface area contributed by atoms with E-state index >= 15 is 0 Å². The van der Waals surface area contributed by atoms with E-state index in [4.69, 9.17) is 4.18 Å². The molecule has 198 valence electrons. The Labute approximate surface area is 212 Å². The molecular formula is C26H36F2N4O3S. The molecule has 10 heteroatoms. The van der Waals surface area contributed by atoms with Crippen LogP contribution in [0.1, 0.15) is 69.2 Å². The lowest BCUT2D eigenvalue weighted by atomic mass is 9.95. The lowest BCUT2D eigenvalue weighted by Crippen LogP contribution is -2.25. The first-order chi connectivity index (χ1) is 16.6. The molecule has 0 saturated heterocycles. The number of hydrogen-bond donors (Lipinski definition) is 2. The molecule has 1 aromatic carbocycles. The van der Waals surface area contributed by atoms with Crippen LogP contribution in [0.2, 0.25) is 0 Å². The molecule has 0 fully saturated rings. The zero-order chi connectivity index (χ0) is 26.9. The van der Waals surface area contributed by atoms with Crippen LogP contribution in [-0.2, 0) is 16.3 Å². The molecule has 0 atom stereocenters. The van der Waals surface area contributed by atoms with Gasteiger partial charge < -0.3 is 14.6 Å². The number of hydrogen-bond acceptors (Lipinski definition) is 5. The van der Waals surface area contributed by atoms with Crippen molar-refractivity contribution in [2.45, 2.75) is 64.4 Å². The summed E-state index contributed by atoms with van der Waals surface area (Å²) in [6.07, 6.45) is 4.22. The van der Waals surface area contributed by atoms with Crippen molar-refractivity contribution in [1.29, 1.82) is 0 Å². The van der Waals surface area contributed by atoms with Gasteiger partial charge in [-0.25, -0.2) is 13.8 Å². The number of amides is 1. The zero-order valence-corrected chi connectivity index (χ0v) is 22.7. The van der Waals surface area contributed by atoms with Gasteiger partial charge >= 0.3 is 0 Å². The number of benzene rings is 1. The highest BCUT2D eigenvalue weighted by atomic mass is 32.3. The molecule has 2 aromatic heterocycles. The first-order valence-electron chi connectivity index (χ1n) is 11.8. The second-order valence-electron chi connectivity index (χ2n) is 10.6. The van der Waals surface area contributed by atoms with E-state index in [1.54, 1.807) is 26.0 Å². The molecule has 0 saturated carbocycles. The number of carbonyl (C=O) groups excluding carboxylic acids is 1. The maximum Gasteiger partial charge on any atom is 0.280 e. The molecule has 2 heterocycles. The minimum absolute atomic E-state index is 0.0952. The van der Waals surface area contributed by atoms with Gasteiger partial charge in [-0.3, -0.25) is 9.48 Å². The smallest absolute Gasteiger partial charge is 0.280 e. The number of aromatic nitrogens is 3. The average Bonchev–Trinajstić information content (AvgIpc) is 3.16. The van der Waals surface area contributed by atoms with Gasteiger partial charge in [0.15, 0.2) is 0 Å². The summed E-state index contributed by atoms with van der Waals surface area (Å²) in [4.78, 5) is 16.6. The molecule has 3 aromatic rings. The van der Waals surface area contributed by atoms with E-state index in [9.17, 15) is 18.7 Å². The number of nitrogens with one attached hydrogen (secondary N) is 1. The third-order valence-corrected chi connectivity index (χ3v) is 9.91. The maximum absolute atomic E-state index is 13.0. The summed E-state index contributed by atoms with van der Waals surface area (Å²) in [5.74, 6) is -0.643. The van der Waals surface area contributed by atoms with Crippen molar-refractivity contribution in [1.82, 2.24) is 14.8 Å². The number of carbonyl (C=O) groups is 1. The van der Waals surface area contributed by atoms with Gasteiger partial charge in [-0.05, 0) is 57.0 Å². The fraction of sp³-hybridized carbons (Fsp3) is 0.500. The van der Waals surface area contributed by atoms with E-state index in [1.807, 2.05) is 10.9 Å². The molecule has 2 N–H and O–H groups in total. The normalized spacial score (nSPS) is 13.4. The average molecular weight is 523 g/mol. The van der Waals surface area contributed by atoms with Crippen LogP contribution < -0.4 is 5.32 Å². The van der Waals surface area contributed by atoms with Crippen molar-refractivity contribution in [2.75, 3.05) is 24.4 Å². The van der Waals surface area contributed by atoms with E-state index in [0.717, 1.165) is 11.8 Å². The fourth-order valence-corrected chi connectivity index (χ4v) is 4.29. The minimum atomic E-state index is -2.78. The Morgan fingerprint density at radius 2 is 1.89 bits per heavy atom. The molecule has 1 amide bonds. The quantitative estimate of drug-likeness (QED) is 0.335. The van der Waals surface area contributed by atoms with Crippen molar-refractivity contribution in [3.8, 4) is 0 Å². The maximum atomic E-state index is 13.0. The van der Waals surface area contributed by atoms with Gasteiger partial charge in [-0.2, -0.15) is 5.10 Å². The van der Waals surface area contributed by atoms with Crippen LogP contribution in [0.4, 0.5) is 14.5 Å². The summed E-state index contributed by atoms with van der Waals surface area (Å²) in [5, 5.41) is 18.9. The number of rotatable bonds is 9. The number of alkyl halides is 2. The third kappa shape index (κ3) is 6.60. The second kappa shape index (κ2) is 10.4. The lowest BCUT2D eigenvalue weighted by Gasteiger charge is -2.43. The van der Waals surface area contributed by atoms with E-state index in [-0.39, 0.29) is 10.4 Å². The Bertz CT molecular complexity index is 1230. The summed E-state index contributed by atoms with van der Waals surface area (Å²) in [6, 6.07) is 7.35. The zero-order valence-electron chi connectivity index (χ0n) is 21.9. The Morgan fingerprint density at radius 3 is 2.50 bits per heavy atom. The van der Waals surface area contributed by atoms with E-state index in [0.29, 0.717) is 29.9 Å². The molecular weight excluding hydrogens is 486 g/mol. The van der Waals surface area contributed by atoms with Crippen LogP contribution in [0.25, 0.3) is 10.9 Å². The molecule has 0 unspecified atom stereocenters. The van der Waals surface area contributed by atoms with Gasteiger partial charge in [-0.1, -0.05) is 26.8 Å². The van der Waals surface area contributed by atoms with Crippen molar-refractivity contribution in [3.05, 3.63) is 53.5 Å². The van der Waals surface area contributed by atoms with Gasteiger partial charge in [0.05, 0.1) is 17.7 Å². The van der Waals surface area contributed by atoms with Crippen LogP contribution in [0.15, 0.2) is 36.5 Å². The molecule has 0 aliphatic rings. The predicted octanol–water partition coefficient (Wildman–Crippen LogP) is 6.03. The number of aliphatic hydroxyl groups is 1. The summed E-state index contributed by atoms with van der Waals surface area (Å²) >= 11 is 0. The topological polar surface area (TPSA) is 89.3 Å². The van der Waals surface area contributed by atoms with Crippen LogP contribution in [0.5, 0.6) is 0 Å². The van der Waals surface area contributed by atoms with Gasteiger partial charge in [-0.15, -0.1) is 10.3 Å². The largest absolute Gasteiger partial charge is 0.386 e. The Morgan fingerprint density at radius 1 is 1.19 bits per heavy atom. The van der Waals surface area contributed by atoms with Gasteiger partial charge in [0.1, 0.15) is 11.4 Å². The highest BCUT2D eigenvalue weighted by Gasteiger charge is 2.28. The van der Waals surface area contributed by atoms with Crippen molar-refractivity contribution in [3.63, 3.8) is 0 Å². The van der Waals surface area contributed by atoms with Crippen molar-refractivity contribution < 1.29 is 22.9 Å². The van der Waals surface area contributed by atoms with Gasteiger partial charge in [0.2, 0.25) is 0 Å². The Kier molecular flexibility index (Phi) is 8.12. The number of anilines is 1. The molecule has 36 heavy (non-hydrogen) atoms. The second-order valence-corrected chi connectivity index (χ2v) is 14.6. The highest BCUT2D eigenvalue weighted by Crippen LogP contribution is 2.53. The molecule has 0 bridgehead atoms. The molecule has 0 aliphatic carbocycles. The van der Waals surface area contributed by atoms with Crippen LogP contribution >= 0.6 is 10.3 Å². The summed E-state index contributed by atoms with van der Waals surface area (Å²) in [7, 11) is -1.19. The van der Waals surface area contributed by atoms with E-state index in [2.05, 4.69) is 48.7 Å². The lowest BCUT2D eigenvalue weighted by molar-refractivity contribution is 0.0793. The number of aryl methyl sites for hydroxylation is 1. The standard InChI is InChI=1S/C26H36F2N4O3S/c1-25(2,3)36(6,7)35-13-9-12-32-16-17-14-22(18(26(4,5)34)15-21(17)31-32)30-24(33)20-11-8-10-19(29-20)23(27)28/h8,10-11,14-16,23,34H,9,12-13H2,1-7H3,(H,30,33). The van der Waals surface area contributed by atoms with Crippen molar-refractivity contribution >= 4 is 32.8 Å². The molecule has 0 radical (unpaired) electrons.